The summed E-state index contributed by atoms with van der Waals surface area (Å²) >= 11 is 0. The van der Waals surface area contributed by atoms with E-state index in [1.807, 2.05) is 5.32 Å². The van der Waals surface area contributed by atoms with Crippen LogP contribution in [0.25, 0.3) is 0 Å². The molecule has 0 aliphatic rings. The van der Waals surface area contributed by atoms with Gasteiger partial charge in [0.15, 0.2) is 0 Å². The van der Waals surface area contributed by atoms with E-state index in [4.69, 9.17) is 40.0 Å². The molecule has 0 aliphatic carbocycles. The number of aliphatic hydroxyl groups is 1. The highest BCUT2D eigenvalue weighted by Gasteiger charge is 2.58. The Morgan fingerprint density at radius 2 is 0.897 bits per heavy atom. The molecular formula is C17H32N4O16P2. The lowest BCUT2D eigenvalue weighted by Gasteiger charge is -2.29. The van der Waals surface area contributed by atoms with E-state index in [9.17, 15) is 38.2 Å². The molecule has 22 heteroatoms. The molecule has 20 nitrogen and oxygen atoms in total. The molecule has 0 aromatic rings. The average molecular weight is 610 g/mol. The quantitative estimate of drug-likeness (QED) is 0.0550. The first-order valence-corrected chi connectivity index (χ1v) is 14.0. The Balaban J connectivity index is 5.25. The maximum Gasteiger partial charge on any atom is 0.369 e. The van der Waals surface area contributed by atoms with Crippen molar-refractivity contribution in [2.75, 3.05) is 65.4 Å². The van der Waals surface area contributed by atoms with Gasteiger partial charge in [0, 0.05) is 39.1 Å². The predicted octanol–water partition coefficient (Wildman–Crippen LogP) is -4.26. The molecule has 0 rings (SSSR count). The summed E-state index contributed by atoms with van der Waals surface area (Å²) in [4.78, 5) is 96.2. The molecule has 1 amide bonds. The number of nitrogens with one attached hydrogen (secondary N) is 1. The van der Waals surface area contributed by atoms with E-state index in [0.29, 0.717) is 0 Å². The normalized spacial score (nSPS) is 12.6. The van der Waals surface area contributed by atoms with E-state index in [1.165, 1.54) is 4.90 Å². The third kappa shape index (κ3) is 14.4. The summed E-state index contributed by atoms with van der Waals surface area (Å²) in [5, 5.41) is 44.1. The number of carbonyl (C=O) groups is 5. The molecule has 0 spiro atoms. The lowest BCUT2D eigenvalue weighted by molar-refractivity contribution is -0.143. The lowest BCUT2D eigenvalue weighted by atomic mass is 10.3. The number of rotatable bonds is 21. The molecule has 0 atom stereocenters. The van der Waals surface area contributed by atoms with Gasteiger partial charge in [-0.15, -0.1) is 0 Å². The molecule has 0 unspecified atom stereocenters. The van der Waals surface area contributed by atoms with Crippen molar-refractivity contribution in [3.63, 3.8) is 0 Å². The van der Waals surface area contributed by atoms with Gasteiger partial charge >= 0.3 is 39.1 Å². The topological polar surface area (TPSA) is 323 Å². The number of hydrogen-bond donors (Lipinski definition) is 10. The zero-order valence-corrected chi connectivity index (χ0v) is 22.2. The first-order valence-electron chi connectivity index (χ1n) is 10.8. The van der Waals surface area contributed by atoms with Gasteiger partial charge in [-0.3, -0.25) is 47.8 Å². The van der Waals surface area contributed by atoms with Gasteiger partial charge in [-0.1, -0.05) is 0 Å². The largest absolute Gasteiger partial charge is 0.480 e. The zero-order valence-electron chi connectivity index (χ0n) is 20.4. The van der Waals surface area contributed by atoms with E-state index < -0.39 is 95.7 Å². The molecule has 10 N–H and O–H groups in total. The molecule has 39 heavy (non-hydrogen) atoms. The monoisotopic (exact) mass is 610 g/mol. The van der Waals surface area contributed by atoms with Crippen molar-refractivity contribution in [1.29, 1.82) is 0 Å². The van der Waals surface area contributed by atoms with Crippen LogP contribution in [0.2, 0.25) is 0 Å². The van der Waals surface area contributed by atoms with Crippen molar-refractivity contribution in [3.05, 3.63) is 0 Å². The van der Waals surface area contributed by atoms with Gasteiger partial charge in [0.05, 0.1) is 32.7 Å². The fourth-order valence-corrected chi connectivity index (χ4v) is 5.28. The molecule has 226 valence electrons. The van der Waals surface area contributed by atoms with Gasteiger partial charge in [0.25, 0.3) is 5.08 Å². The number of carboxylic acids is 4. The van der Waals surface area contributed by atoms with Crippen LogP contribution in [0.15, 0.2) is 0 Å². The van der Waals surface area contributed by atoms with Crippen molar-refractivity contribution < 1.29 is 78.2 Å². The van der Waals surface area contributed by atoms with Gasteiger partial charge < -0.3 is 50.4 Å². The molecule has 0 saturated heterocycles. The smallest absolute Gasteiger partial charge is 0.369 e. The van der Waals surface area contributed by atoms with Crippen LogP contribution >= 0.6 is 15.2 Å². The standard InChI is InChI=1S/C17H32N4O16P2/c22-12(18-2-1-17(31,38(32,33)34)39(35,36)37)7-20(9-14(25)26)5-3-19(8-13(23)24)4-6-21(10-15(27)28)11-16(29)30/h31H,1-11H2,(H,18,22)(H,23,24)(H,25,26)(H,27,28)(H,29,30)(H2,32,33,34)(H2,35,36,37). The Labute approximate surface area is 220 Å². The second kappa shape index (κ2) is 15.9. The molecular weight excluding hydrogens is 578 g/mol. The highest BCUT2D eigenvalue weighted by Crippen LogP contribution is 2.68. The van der Waals surface area contributed by atoms with E-state index in [2.05, 4.69) is 0 Å². The van der Waals surface area contributed by atoms with E-state index in [0.717, 1.165) is 9.80 Å². The maximum atomic E-state index is 12.2. The number of amides is 1. The van der Waals surface area contributed by atoms with Crippen LogP contribution in [0, 0.1) is 0 Å². The average Bonchev–Trinajstić information content (AvgIpc) is 2.72. The van der Waals surface area contributed by atoms with Gasteiger partial charge in [-0.05, 0) is 0 Å². The van der Waals surface area contributed by atoms with Crippen LogP contribution in [0.5, 0.6) is 0 Å². The van der Waals surface area contributed by atoms with Crippen molar-refractivity contribution in [1.82, 2.24) is 20.0 Å². The fourth-order valence-electron chi connectivity index (χ4n) is 3.12. The summed E-state index contributed by atoms with van der Waals surface area (Å²) in [6, 6.07) is 0. The molecule has 0 aromatic carbocycles. The SMILES string of the molecule is O=C(O)CN(CCN(CC(=O)O)CC(=O)O)CCN(CC(=O)O)CC(=O)NCCC(O)(P(=O)(O)O)P(=O)(O)O. The summed E-state index contributed by atoms with van der Waals surface area (Å²) < 4.78 is 22.7. The fraction of sp³-hybridized carbons (Fsp3) is 0.706. The lowest BCUT2D eigenvalue weighted by Crippen LogP contribution is -2.47. The van der Waals surface area contributed by atoms with Crippen molar-refractivity contribution in [2.45, 2.75) is 11.5 Å². The van der Waals surface area contributed by atoms with E-state index in [-0.39, 0.29) is 26.2 Å². The highest BCUT2D eigenvalue weighted by atomic mass is 31.2. The molecule has 0 saturated carbocycles. The summed E-state index contributed by atoms with van der Waals surface area (Å²) in [5.74, 6) is -6.30. The molecule has 0 bridgehead atoms. The Morgan fingerprint density at radius 1 is 0.590 bits per heavy atom. The third-order valence-corrected chi connectivity index (χ3v) is 8.86. The summed E-state index contributed by atoms with van der Waals surface area (Å²) in [5.41, 5.74) is 0. The number of carbonyl (C=O) groups excluding carboxylic acids is 1. The summed E-state index contributed by atoms with van der Waals surface area (Å²) in [6.45, 7) is -4.80. The van der Waals surface area contributed by atoms with Crippen molar-refractivity contribution in [3.8, 4) is 0 Å². The van der Waals surface area contributed by atoms with Gasteiger partial charge in [0.1, 0.15) is 0 Å². The molecule has 0 fully saturated rings. The van der Waals surface area contributed by atoms with E-state index >= 15 is 0 Å². The molecule has 0 radical (unpaired) electrons. The minimum absolute atomic E-state index is 0.136. The van der Waals surface area contributed by atoms with Gasteiger partial charge in [0.2, 0.25) is 5.91 Å². The number of aliphatic carboxylic acids is 4. The number of hydrogen-bond acceptors (Lipinski definition) is 11. The van der Waals surface area contributed by atoms with Gasteiger partial charge in [-0.25, -0.2) is 0 Å². The first kappa shape index (κ1) is 36.5. The van der Waals surface area contributed by atoms with Gasteiger partial charge in [-0.2, -0.15) is 0 Å². The van der Waals surface area contributed by atoms with Crippen molar-refractivity contribution in [2.24, 2.45) is 0 Å². The Bertz CT molecular complexity index is 944. The molecule has 0 heterocycles. The Kier molecular flexibility index (Phi) is 14.9. The van der Waals surface area contributed by atoms with Crippen LogP contribution in [0.4, 0.5) is 0 Å². The minimum Gasteiger partial charge on any atom is -0.480 e. The Hall–Kier alpha value is -2.51. The second-order valence-electron chi connectivity index (χ2n) is 8.23. The summed E-state index contributed by atoms with van der Waals surface area (Å²) in [7, 11) is -11.5. The van der Waals surface area contributed by atoms with Crippen LogP contribution in [-0.2, 0) is 33.1 Å². The van der Waals surface area contributed by atoms with E-state index in [1.54, 1.807) is 0 Å². The number of nitrogens with zero attached hydrogens (tertiary/aromatic N) is 3. The highest BCUT2D eigenvalue weighted by molar-refractivity contribution is 7.72. The Morgan fingerprint density at radius 3 is 1.23 bits per heavy atom. The predicted molar refractivity (Wildman–Crippen MR) is 127 cm³/mol. The first-order chi connectivity index (χ1) is 17.7. The summed E-state index contributed by atoms with van der Waals surface area (Å²) in [6.07, 6.45) is -1.25. The maximum absolute atomic E-state index is 12.2. The minimum atomic E-state index is -5.75. The van der Waals surface area contributed by atoms with Crippen LogP contribution in [0.3, 0.4) is 0 Å². The third-order valence-electron chi connectivity index (χ3n) is 4.98. The molecule has 0 aromatic heterocycles. The number of carboxylic acid groups (broad SMARTS) is 4. The van der Waals surface area contributed by atoms with Crippen LogP contribution < -0.4 is 5.32 Å². The second-order valence-corrected chi connectivity index (χ2v) is 12.2. The zero-order chi connectivity index (χ0) is 30.6. The van der Waals surface area contributed by atoms with Crippen LogP contribution in [0.1, 0.15) is 6.42 Å². The van der Waals surface area contributed by atoms with Crippen LogP contribution in [-0.4, -0.2) is 160 Å². The molecule has 0 aliphatic heterocycles. The van der Waals surface area contributed by atoms with Crippen molar-refractivity contribution >= 4 is 45.0 Å².